The molecule has 0 saturated carbocycles. The quantitative estimate of drug-likeness (QED) is 0.684. The molecule has 60 valence electrons. The zero-order chi connectivity index (χ0) is 7.56. The molecule has 0 aliphatic carbocycles. The van der Waals surface area contributed by atoms with Gasteiger partial charge in [0, 0.05) is 5.56 Å². The van der Waals surface area contributed by atoms with Gasteiger partial charge in [0.1, 0.15) is 0 Å². The van der Waals surface area contributed by atoms with E-state index >= 15 is 0 Å². The number of carbonyl (C=O) groups is 1. The van der Waals surface area contributed by atoms with Crippen LogP contribution in [0.4, 0.5) is 0 Å². The Morgan fingerprint density at radius 1 is 1.45 bits per heavy atom. The summed E-state index contributed by atoms with van der Waals surface area (Å²) in [6.07, 6.45) is 0. The second-order valence-corrected chi connectivity index (χ2v) is 2.23. The molecule has 0 radical (unpaired) electrons. The summed E-state index contributed by atoms with van der Waals surface area (Å²) in [5.41, 5.74) is 6.67. The first kappa shape index (κ1) is 9.98. The van der Waals surface area contributed by atoms with Crippen LogP contribution in [0.15, 0.2) is 24.3 Å². The summed E-state index contributed by atoms with van der Waals surface area (Å²) in [7, 11) is 0. The van der Waals surface area contributed by atoms with Crippen molar-refractivity contribution in [1.29, 1.82) is 0 Å². The number of rotatable bonds is 1. The van der Waals surface area contributed by atoms with Crippen molar-refractivity contribution in [3.05, 3.63) is 35.4 Å². The van der Waals surface area contributed by atoms with Crippen molar-refractivity contribution in [2.45, 2.75) is 6.92 Å². The summed E-state index contributed by atoms with van der Waals surface area (Å²) >= 11 is 0. The summed E-state index contributed by atoms with van der Waals surface area (Å²) in [4.78, 5) is 10.6. The Morgan fingerprint density at radius 2 is 2.09 bits per heavy atom. The molecule has 0 fully saturated rings. The highest BCUT2D eigenvalue weighted by molar-refractivity contribution is 5.92. The van der Waals surface area contributed by atoms with Crippen LogP contribution in [0.5, 0.6) is 0 Å². The zero-order valence-corrected chi connectivity index (χ0v) is 7.02. The lowest BCUT2D eigenvalue weighted by molar-refractivity contribution is 0.1000. The Bertz CT molecular complexity index is 260. The number of nitrogens with two attached hydrogens (primary N) is 1. The molecular weight excluding hydrogens is 162 g/mol. The Labute approximate surface area is 71.8 Å². The number of amides is 1. The van der Waals surface area contributed by atoms with Gasteiger partial charge in [0.05, 0.1) is 0 Å². The van der Waals surface area contributed by atoms with E-state index in [2.05, 4.69) is 0 Å². The molecule has 0 aliphatic rings. The lowest BCUT2D eigenvalue weighted by Gasteiger charge is -1.94. The Kier molecular flexibility index (Phi) is 3.61. The number of aryl methyl sites for hydroxylation is 1. The van der Waals surface area contributed by atoms with Gasteiger partial charge in [0.15, 0.2) is 0 Å². The van der Waals surface area contributed by atoms with Crippen LogP contribution in [0.25, 0.3) is 0 Å². The van der Waals surface area contributed by atoms with Crippen LogP contribution >= 0.6 is 12.4 Å². The lowest BCUT2D eigenvalue weighted by Crippen LogP contribution is -2.10. The van der Waals surface area contributed by atoms with Crippen molar-refractivity contribution in [3.8, 4) is 0 Å². The smallest absolute Gasteiger partial charge is 0.248 e. The number of primary amides is 1. The van der Waals surface area contributed by atoms with E-state index in [1.54, 1.807) is 12.1 Å². The van der Waals surface area contributed by atoms with E-state index in [4.69, 9.17) is 5.73 Å². The van der Waals surface area contributed by atoms with Gasteiger partial charge in [-0.1, -0.05) is 17.7 Å². The normalized spacial score (nSPS) is 8.45. The zero-order valence-electron chi connectivity index (χ0n) is 6.20. The molecular formula is C8H10ClNO. The summed E-state index contributed by atoms with van der Waals surface area (Å²) < 4.78 is 0. The number of hydrogen-bond acceptors (Lipinski definition) is 1. The van der Waals surface area contributed by atoms with Gasteiger partial charge in [-0.2, -0.15) is 0 Å². The summed E-state index contributed by atoms with van der Waals surface area (Å²) in [5.74, 6) is -0.372. The molecule has 1 amide bonds. The molecule has 2 nitrogen and oxygen atoms in total. The molecule has 11 heavy (non-hydrogen) atoms. The van der Waals surface area contributed by atoms with Gasteiger partial charge >= 0.3 is 0 Å². The van der Waals surface area contributed by atoms with Crippen molar-refractivity contribution in [2.75, 3.05) is 0 Å². The number of hydrogen-bond donors (Lipinski definition) is 1. The predicted molar refractivity (Wildman–Crippen MR) is 46.9 cm³/mol. The fraction of sp³-hybridized carbons (Fsp3) is 0.125. The minimum Gasteiger partial charge on any atom is -0.366 e. The first-order valence-electron chi connectivity index (χ1n) is 3.06. The molecule has 1 aromatic rings. The summed E-state index contributed by atoms with van der Waals surface area (Å²) in [6, 6.07) is 7.21. The molecule has 0 aliphatic heterocycles. The van der Waals surface area contributed by atoms with Gasteiger partial charge in [-0.15, -0.1) is 12.4 Å². The minimum absolute atomic E-state index is 0. The monoisotopic (exact) mass is 171 g/mol. The standard InChI is InChI=1S/C8H9NO.ClH/c1-6-3-2-4-7(5-6)8(9)10;/h2-5H,1H3,(H2,9,10);1H. The Morgan fingerprint density at radius 3 is 2.45 bits per heavy atom. The molecule has 0 saturated heterocycles. The highest BCUT2D eigenvalue weighted by Crippen LogP contribution is 2.01. The molecule has 0 unspecified atom stereocenters. The van der Waals surface area contributed by atoms with Gasteiger partial charge in [-0.25, -0.2) is 0 Å². The van der Waals surface area contributed by atoms with Crippen LogP contribution in [0.3, 0.4) is 0 Å². The van der Waals surface area contributed by atoms with Crippen LogP contribution < -0.4 is 5.73 Å². The van der Waals surface area contributed by atoms with Gasteiger partial charge in [-0.3, -0.25) is 4.79 Å². The Balaban J connectivity index is 0.000001000. The third kappa shape index (κ3) is 2.60. The van der Waals surface area contributed by atoms with E-state index in [0.29, 0.717) is 5.56 Å². The van der Waals surface area contributed by atoms with E-state index in [1.807, 2.05) is 19.1 Å². The molecule has 0 heterocycles. The molecule has 3 heteroatoms. The van der Waals surface area contributed by atoms with E-state index in [-0.39, 0.29) is 18.3 Å². The van der Waals surface area contributed by atoms with Gasteiger partial charge in [-0.05, 0) is 19.1 Å². The van der Waals surface area contributed by atoms with E-state index in [0.717, 1.165) is 5.56 Å². The van der Waals surface area contributed by atoms with Crippen LogP contribution in [0.2, 0.25) is 0 Å². The van der Waals surface area contributed by atoms with Gasteiger partial charge in [0.2, 0.25) is 5.91 Å². The molecule has 1 rings (SSSR count). The van der Waals surface area contributed by atoms with Crippen LogP contribution in [-0.4, -0.2) is 5.91 Å². The van der Waals surface area contributed by atoms with Crippen LogP contribution in [0, 0.1) is 6.92 Å². The van der Waals surface area contributed by atoms with Crippen molar-refractivity contribution >= 4 is 18.3 Å². The maximum atomic E-state index is 10.6. The molecule has 1 aromatic carbocycles. The lowest BCUT2D eigenvalue weighted by atomic mass is 10.1. The first-order valence-corrected chi connectivity index (χ1v) is 3.06. The maximum Gasteiger partial charge on any atom is 0.248 e. The fourth-order valence-corrected chi connectivity index (χ4v) is 0.798. The van der Waals surface area contributed by atoms with Crippen molar-refractivity contribution in [2.24, 2.45) is 5.73 Å². The largest absolute Gasteiger partial charge is 0.366 e. The molecule has 0 atom stereocenters. The summed E-state index contributed by atoms with van der Waals surface area (Å²) in [5, 5.41) is 0. The summed E-state index contributed by atoms with van der Waals surface area (Å²) in [6.45, 7) is 1.92. The molecule has 0 bridgehead atoms. The van der Waals surface area contributed by atoms with Crippen molar-refractivity contribution in [1.82, 2.24) is 0 Å². The SMILES string of the molecule is Cc1cccc(C(N)=O)c1.Cl. The average molecular weight is 172 g/mol. The maximum absolute atomic E-state index is 10.6. The van der Waals surface area contributed by atoms with Crippen LogP contribution in [0.1, 0.15) is 15.9 Å². The predicted octanol–water partition coefficient (Wildman–Crippen LogP) is 1.52. The Hall–Kier alpha value is -1.02. The molecule has 0 spiro atoms. The highest BCUT2D eigenvalue weighted by Gasteiger charge is 1.96. The third-order valence-electron chi connectivity index (χ3n) is 1.30. The van der Waals surface area contributed by atoms with E-state index < -0.39 is 0 Å². The van der Waals surface area contributed by atoms with Gasteiger partial charge in [0.25, 0.3) is 0 Å². The molecule has 0 aromatic heterocycles. The van der Waals surface area contributed by atoms with Gasteiger partial charge < -0.3 is 5.73 Å². The third-order valence-corrected chi connectivity index (χ3v) is 1.30. The first-order chi connectivity index (χ1) is 4.70. The van der Waals surface area contributed by atoms with Crippen LogP contribution in [-0.2, 0) is 0 Å². The fourth-order valence-electron chi connectivity index (χ4n) is 0.798. The van der Waals surface area contributed by atoms with E-state index in [9.17, 15) is 4.79 Å². The molecule has 2 N–H and O–H groups in total. The number of halogens is 1. The highest BCUT2D eigenvalue weighted by atomic mass is 35.5. The average Bonchev–Trinajstić information content (AvgIpc) is 1.88. The second kappa shape index (κ2) is 3.98. The number of benzene rings is 1. The second-order valence-electron chi connectivity index (χ2n) is 2.23. The van der Waals surface area contributed by atoms with Crippen molar-refractivity contribution < 1.29 is 4.79 Å². The number of carbonyl (C=O) groups excluding carboxylic acids is 1. The minimum atomic E-state index is -0.372. The topological polar surface area (TPSA) is 43.1 Å². The van der Waals surface area contributed by atoms with Crippen molar-refractivity contribution in [3.63, 3.8) is 0 Å². The van der Waals surface area contributed by atoms with E-state index in [1.165, 1.54) is 0 Å².